The number of carbonyl (C=O) groups is 5. The fraction of sp³-hybridized carbons (Fsp3) is 0.450. The molecule has 1 spiro atoms. The Kier molecular flexibility index (Phi) is 4.17. The third-order valence-corrected chi connectivity index (χ3v) is 6.62. The van der Waals surface area contributed by atoms with Gasteiger partial charge in [0.15, 0.2) is 0 Å². The smallest absolute Gasteiger partial charge is 0.322 e. The Labute approximate surface area is 177 Å². The van der Waals surface area contributed by atoms with Gasteiger partial charge in [0.05, 0.1) is 5.54 Å². The van der Waals surface area contributed by atoms with Gasteiger partial charge in [0.1, 0.15) is 6.04 Å². The second-order valence-corrected chi connectivity index (χ2v) is 8.50. The summed E-state index contributed by atoms with van der Waals surface area (Å²) >= 11 is 0. The summed E-state index contributed by atoms with van der Waals surface area (Å²) in [6.45, 7) is 1.65. The summed E-state index contributed by atoms with van der Waals surface area (Å²) in [4.78, 5) is 65.3. The van der Waals surface area contributed by atoms with Gasteiger partial charge in [-0.2, -0.15) is 0 Å². The third kappa shape index (κ3) is 2.99. The monoisotopic (exact) mass is 426 g/mol. The van der Waals surface area contributed by atoms with E-state index in [1.165, 1.54) is 4.90 Å². The molecule has 31 heavy (non-hydrogen) atoms. The van der Waals surface area contributed by atoms with Crippen molar-refractivity contribution in [3.63, 3.8) is 0 Å². The first kappa shape index (κ1) is 19.3. The summed E-state index contributed by atoms with van der Waals surface area (Å²) in [7, 11) is 1.73. The van der Waals surface area contributed by atoms with Gasteiger partial charge in [-0.05, 0) is 30.2 Å². The highest BCUT2D eigenvalue weighted by Gasteiger charge is 2.53. The molecule has 0 aliphatic carbocycles. The van der Waals surface area contributed by atoms with Gasteiger partial charge in [0.25, 0.3) is 5.91 Å². The quantitative estimate of drug-likeness (QED) is 0.559. The van der Waals surface area contributed by atoms with E-state index in [2.05, 4.69) is 16.0 Å². The highest BCUT2D eigenvalue weighted by atomic mass is 16.2. The zero-order valence-electron chi connectivity index (χ0n) is 16.9. The van der Waals surface area contributed by atoms with Crippen molar-refractivity contribution in [3.8, 4) is 0 Å². The molecule has 0 saturated carbocycles. The van der Waals surface area contributed by atoms with E-state index in [0.29, 0.717) is 37.3 Å². The molecule has 4 heterocycles. The molecule has 7 amide bonds. The van der Waals surface area contributed by atoms with Crippen molar-refractivity contribution in [1.82, 2.24) is 25.3 Å². The van der Waals surface area contributed by atoms with Crippen LogP contribution in [0.4, 0.5) is 15.3 Å². The normalized spacial score (nSPS) is 24.2. The van der Waals surface area contributed by atoms with Gasteiger partial charge in [0.2, 0.25) is 11.8 Å². The lowest BCUT2D eigenvalue weighted by atomic mass is 9.90. The molecule has 4 aliphatic heterocycles. The number of fused-ring (bicyclic) bond motifs is 1. The molecule has 3 N–H and O–H groups in total. The number of benzene rings is 1. The van der Waals surface area contributed by atoms with Crippen LogP contribution in [0.3, 0.4) is 0 Å². The minimum Gasteiger partial charge on any atom is -0.335 e. The second-order valence-electron chi connectivity index (χ2n) is 8.50. The Morgan fingerprint density at radius 1 is 1.19 bits per heavy atom. The molecule has 4 aliphatic rings. The standard InChI is InChI=1S/C20H22N6O5/c1-24-18(30)21-8-20(24)9-25(10-20)19(31)22-12-2-3-13-11(6-12)7-26(17(13)29)14-4-5-15(27)23-16(14)28/h2-3,6,14H,4-5,7-10H2,1H3,(H,21,30)(H,22,31)(H,23,27,28). The number of hydrogen-bond acceptors (Lipinski definition) is 5. The van der Waals surface area contributed by atoms with E-state index in [4.69, 9.17) is 0 Å². The number of likely N-dealkylation sites (tertiary alicyclic amines) is 1. The Bertz CT molecular complexity index is 1030. The van der Waals surface area contributed by atoms with Gasteiger partial charge in [-0.1, -0.05) is 0 Å². The number of hydrogen-bond donors (Lipinski definition) is 3. The number of anilines is 1. The molecule has 0 aromatic heterocycles. The molecular weight excluding hydrogens is 404 g/mol. The Balaban J connectivity index is 1.24. The van der Waals surface area contributed by atoms with Gasteiger partial charge in [-0.3, -0.25) is 19.7 Å². The van der Waals surface area contributed by atoms with Crippen LogP contribution in [-0.2, 0) is 16.1 Å². The van der Waals surface area contributed by atoms with Crippen molar-refractivity contribution >= 4 is 35.5 Å². The molecule has 0 bridgehead atoms. The second kappa shape index (κ2) is 6.69. The lowest BCUT2D eigenvalue weighted by Gasteiger charge is -2.50. The average Bonchev–Trinajstić information content (AvgIpc) is 3.18. The third-order valence-electron chi connectivity index (χ3n) is 6.62. The number of rotatable bonds is 2. The maximum atomic E-state index is 12.7. The van der Waals surface area contributed by atoms with Crippen molar-refractivity contribution in [2.45, 2.75) is 31.0 Å². The van der Waals surface area contributed by atoms with Crippen LogP contribution in [0.15, 0.2) is 18.2 Å². The maximum Gasteiger partial charge on any atom is 0.322 e. The van der Waals surface area contributed by atoms with Gasteiger partial charge >= 0.3 is 12.1 Å². The molecule has 1 atom stereocenters. The van der Waals surface area contributed by atoms with Crippen LogP contribution in [0.2, 0.25) is 0 Å². The molecular formula is C20H22N6O5. The number of piperidine rings is 1. The van der Waals surface area contributed by atoms with E-state index < -0.39 is 11.9 Å². The summed E-state index contributed by atoms with van der Waals surface area (Å²) in [6, 6.07) is 3.95. The van der Waals surface area contributed by atoms with E-state index in [1.807, 2.05) is 0 Å². The van der Waals surface area contributed by atoms with E-state index >= 15 is 0 Å². The van der Waals surface area contributed by atoms with Crippen molar-refractivity contribution in [2.24, 2.45) is 0 Å². The molecule has 11 heteroatoms. The zero-order valence-corrected chi connectivity index (χ0v) is 16.9. The minimum absolute atomic E-state index is 0.135. The van der Waals surface area contributed by atoms with Crippen LogP contribution in [0.25, 0.3) is 0 Å². The molecule has 1 unspecified atom stereocenters. The molecule has 162 valence electrons. The first-order valence-electron chi connectivity index (χ1n) is 10.1. The molecule has 5 rings (SSSR count). The van der Waals surface area contributed by atoms with Gasteiger partial charge in [0, 0.05) is 50.9 Å². The Hall–Kier alpha value is -3.63. The van der Waals surface area contributed by atoms with Crippen LogP contribution in [-0.4, -0.2) is 82.7 Å². The Morgan fingerprint density at radius 2 is 1.97 bits per heavy atom. The average molecular weight is 426 g/mol. The minimum atomic E-state index is -0.673. The number of imide groups is 1. The SMILES string of the molecule is CN1C(=O)NCC12CN(C(=O)Nc1ccc3c(c1)CN(C1CCC(=O)NC1=O)C3=O)C2. The van der Waals surface area contributed by atoms with Crippen LogP contribution in [0.5, 0.6) is 0 Å². The number of nitrogens with zero attached hydrogens (tertiary/aromatic N) is 3. The van der Waals surface area contributed by atoms with Crippen molar-refractivity contribution in [2.75, 3.05) is 32.0 Å². The first-order valence-corrected chi connectivity index (χ1v) is 10.1. The van der Waals surface area contributed by atoms with Gasteiger partial charge in [-0.15, -0.1) is 0 Å². The number of carbonyl (C=O) groups excluding carboxylic acids is 5. The highest BCUT2D eigenvalue weighted by molar-refractivity contribution is 6.05. The van der Waals surface area contributed by atoms with Crippen molar-refractivity contribution in [1.29, 1.82) is 0 Å². The molecule has 0 radical (unpaired) electrons. The number of urea groups is 2. The van der Waals surface area contributed by atoms with Crippen molar-refractivity contribution < 1.29 is 24.0 Å². The summed E-state index contributed by atoms with van der Waals surface area (Å²) in [5, 5.41) is 7.90. The Morgan fingerprint density at radius 3 is 2.65 bits per heavy atom. The summed E-state index contributed by atoms with van der Waals surface area (Å²) < 4.78 is 0. The van der Waals surface area contributed by atoms with Crippen LogP contribution >= 0.6 is 0 Å². The van der Waals surface area contributed by atoms with Crippen LogP contribution in [0.1, 0.15) is 28.8 Å². The summed E-state index contributed by atoms with van der Waals surface area (Å²) in [6.07, 6.45) is 0.502. The maximum absolute atomic E-state index is 12.7. The molecule has 11 nitrogen and oxygen atoms in total. The van der Waals surface area contributed by atoms with Gasteiger partial charge < -0.3 is 25.3 Å². The van der Waals surface area contributed by atoms with E-state index in [0.717, 1.165) is 5.56 Å². The summed E-state index contributed by atoms with van der Waals surface area (Å²) in [5.74, 6) is -1.04. The lowest BCUT2D eigenvalue weighted by molar-refractivity contribution is -0.136. The highest BCUT2D eigenvalue weighted by Crippen LogP contribution is 2.32. The predicted molar refractivity (Wildman–Crippen MR) is 107 cm³/mol. The van der Waals surface area contributed by atoms with Crippen LogP contribution in [0, 0.1) is 0 Å². The molecule has 1 aromatic carbocycles. The molecule has 1 aromatic rings. The lowest BCUT2D eigenvalue weighted by Crippen LogP contribution is -2.70. The number of amides is 7. The number of likely N-dealkylation sites (N-methyl/N-ethyl adjacent to an activating group) is 1. The van der Waals surface area contributed by atoms with Crippen LogP contribution < -0.4 is 16.0 Å². The van der Waals surface area contributed by atoms with Gasteiger partial charge in [-0.25, -0.2) is 9.59 Å². The fourth-order valence-electron chi connectivity index (χ4n) is 4.68. The van der Waals surface area contributed by atoms with Crippen molar-refractivity contribution in [3.05, 3.63) is 29.3 Å². The van der Waals surface area contributed by atoms with E-state index in [1.54, 1.807) is 35.0 Å². The topological polar surface area (TPSA) is 131 Å². The largest absolute Gasteiger partial charge is 0.335 e. The molecule has 3 saturated heterocycles. The fourth-order valence-corrected chi connectivity index (χ4v) is 4.68. The van der Waals surface area contributed by atoms with E-state index in [9.17, 15) is 24.0 Å². The number of nitrogens with one attached hydrogen (secondary N) is 3. The predicted octanol–water partition coefficient (Wildman–Crippen LogP) is -0.311. The summed E-state index contributed by atoms with van der Waals surface area (Å²) in [5.41, 5.74) is 1.42. The van der Waals surface area contributed by atoms with E-state index in [-0.39, 0.29) is 42.4 Å². The first-order chi connectivity index (χ1) is 14.8. The molecule has 3 fully saturated rings. The zero-order chi connectivity index (χ0) is 21.9.